The van der Waals surface area contributed by atoms with Gasteiger partial charge in [-0.1, -0.05) is 89.4 Å². The number of hydrogen-bond donors (Lipinski definition) is 0. The summed E-state index contributed by atoms with van der Waals surface area (Å²) in [5.74, 6) is 0. The van der Waals surface area contributed by atoms with Gasteiger partial charge in [0, 0.05) is 0 Å². The molecule has 0 saturated heterocycles. The topological polar surface area (TPSA) is 0 Å². The van der Waals surface area contributed by atoms with E-state index in [0.717, 1.165) is 11.1 Å². The third kappa shape index (κ3) is 7.81. The van der Waals surface area contributed by atoms with Crippen LogP contribution in [0.25, 0.3) is 5.57 Å². The molecule has 0 spiro atoms. The summed E-state index contributed by atoms with van der Waals surface area (Å²) in [6.45, 7) is 15.5. The van der Waals surface area contributed by atoms with Gasteiger partial charge < -0.3 is 0 Å². The van der Waals surface area contributed by atoms with Crippen LogP contribution < -0.4 is 0 Å². The van der Waals surface area contributed by atoms with Crippen LogP contribution in [0.2, 0.25) is 0 Å². The van der Waals surface area contributed by atoms with Crippen LogP contribution in [0, 0.1) is 0 Å². The summed E-state index contributed by atoms with van der Waals surface area (Å²) in [5, 5.41) is 0. The van der Waals surface area contributed by atoms with Gasteiger partial charge in [0.25, 0.3) is 0 Å². The van der Waals surface area contributed by atoms with Gasteiger partial charge in [-0.15, -0.1) is 0 Å². The Morgan fingerprint density at radius 2 is 1.50 bits per heavy atom. The summed E-state index contributed by atoms with van der Waals surface area (Å²) >= 11 is 0. The number of benzene rings is 1. The molecule has 0 N–H and O–H groups in total. The van der Waals surface area contributed by atoms with Crippen molar-refractivity contribution in [2.75, 3.05) is 0 Å². The predicted octanol–water partition coefficient (Wildman–Crippen LogP) is 5.49. The third-order valence-electron chi connectivity index (χ3n) is 1.58. The Labute approximate surface area is 101 Å². The van der Waals surface area contributed by atoms with E-state index in [1.165, 1.54) is 0 Å². The quantitative estimate of drug-likeness (QED) is 0.586. The van der Waals surface area contributed by atoms with Crippen LogP contribution in [0.4, 0.5) is 0 Å². The van der Waals surface area contributed by atoms with E-state index in [4.69, 9.17) is 0 Å². The standard InChI is InChI=1S/C12H12.2C2H6/c1-3-4-8-11(2)12-9-6-5-7-10-12;2*1-2/h3-10H,1-2H2;2*1-2H3/b8-4-;;. The average molecular weight is 216 g/mol. The van der Waals surface area contributed by atoms with Gasteiger partial charge in [-0.2, -0.15) is 0 Å². The van der Waals surface area contributed by atoms with Gasteiger partial charge in [0.1, 0.15) is 0 Å². The second-order valence-corrected chi connectivity index (χ2v) is 2.49. The Morgan fingerprint density at radius 1 is 1.00 bits per heavy atom. The lowest BCUT2D eigenvalue weighted by atomic mass is 10.1. The van der Waals surface area contributed by atoms with Gasteiger partial charge in [0.05, 0.1) is 0 Å². The second kappa shape index (κ2) is 13.4. The number of rotatable bonds is 3. The first-order valence-corrected chi connectivity index (χ1v) is 5.88. The monoisotopic (exact) mass is 216 g/mol. The fourth-order valence-electron chi connectivity index (χ4n) is 0.933. The van der Waals surface area contributed by atoms with Crippen molar-refractivity contribution in [1.29, 1.82) is 0 Å². The number of hydrogen-bond acceptors (Lipinski definition) is 0. The molecule has 16 heavy (non-hydrogen) atoms. The molecule has 1 aromatic carbocycles. The van der Waals surface area contributed by atoms with Crippen molar-refractivity contribution in [1.82, 2.24) is 0 Å². The van der Waals surface area contributed by atoms with Crippen LogP contribution in [0.5, 0.6) is 0 Å². The Kier molecular flexibility index (Phi) is 14.2. The second-order valence-electron chi connectivity index (χ2n) is 2.49. The highest BCUT2D eigenvalue weighted by molar-refractivity contribution is 5.71. The van der Waals surface area contributed by atoms with Crippen molar-refractivity contribution < 1.29 is 0 Å². The van der Waals surface area contributed by atoms with Crippen LogP contribution >= 0.6 is 0 Å². The Morgan fingerprint density at radius 3 is 1.94 bits per heavy atom. The predicted molar refractivity (Wildman–Crippen MR) is 77.5 cm³/mol. The molecule has 0 aliphatic rings. The van der Waals surface area contributed by atoms with Crippen molar-refractivity contribution in [2.45, 2.75) is 27.7 Å². The highest BCUT2D eigenvalue weighted by Gasteiger charge is 1.90. The average Bonchev–Trinajstić information content (AvgIpc) is 2.41. The maximum atomic E-state index is 3.93. The van der Waals surface area contributed by atoms with Gasteiger partial charge >= 0.3 is 0 Å². The minimum absolute atomic E-state index is 1.01. The molecule has 0 aliphatic heterocycles. The first kappa shape index (κ1) is 16.9. The van der Waals surface area contributed by atoms with Crippen molar-refractivity contribution in [2.24, 2.45) is 0 Å². The minimum Gasteiger partial charge on any atom is -0.0991 e. The first-order chi connectivity index (χ1) is 7.84. The van der Waals surface area contributed by atoms with E-state index in [9.17, 15) is 0 Å². The zero-order chi connectivity index (χ0) is 12.8. The third-order valence-corrected chi connectivity index (χ3v) is 1.58. The molecule has 0 nitrogen and oxygen atoms in total. The summed E-state index contributed by atoms with van der Waals surface area (Å²) in [5.41, 5.74) is 2.16. The molecule has 0 fully saturated rings. The van der Waals surface area contributed by atoms with Crippen LogP contribution in [0.15, 0.2) is 61.7 Å². The first-order valence-electron chi connectivity index (χ1n) is 5.88. The van der Waals surface area contributed by atoms with E-state index in [2.05, 4.69) is 13.2 Å². The Balaban J connectivity index is 0. The molecule has 0 heterocycles. The lowest BCUT2D eigenvalue weighted by molar-refractivity contribution is 1.50. The molecule has 0 heteroatoms. The van der Waals surface area contributed by atoms with Gasteiger partial charge in [0.15, 0.2) is 0 Å². The molecule has 0 unspecified atom stereocenters. The zero-order valence-electron chi connectivity index (χ0n) is 11.0. The molecule has 0 aromatic heterocycles. The van der Waals surface area contributed by atoms with Crippen LogP contribution in [-0.2, 0) is 0 Å². The van der Waals surface area contributed by atoms with Crippen LogP contribution in [0.3, 0.4) is 0 Å². The molecule has 0 amide bonds. The van der Waals surface area contributed by atoms with Crippen LogP contribution in [-0.4, -0.2) is 0 Å². The van der Waals surface area contributed by atoms with E-state index in [1.807, 2.05) is 70.2 Å². The summed E-state index contributed by atoms with van der Waals surface area (Å²) in [4.78, 5) is 0. The van der Waals surface area contributed by atoms with Gasteiger partial charge in [-0.05, 0) is 11.1 Å². The highest BCUT2D eigenvalue weighted by atomic mass is 13.9. The number of allylic oxidation sites excluding steroid dienone is 4. The lowest BCUT2D eigenvalue weighted by Gasteiger charge is -1.97. The smallest absolute Gasteiger partial charge is 0.0190 e. The van der Waals surface area contributed by atoms with E-state index in [1.54, 1.807) is 6.08 Å². The van der Waals surface area contributed by atoms with Crippen molar-refractivity contribution in [3.63, 3.8) is 0 Å². The fraction of sp³-hybridized carbons (Fsp3) is 0.250. The maximum Gasteiger partial charge on any atom is -0.0190 e. The summed E-state index contributed by atoms with van der Waals surface area (Å²) in [7, 11) is 0. The molecule has 88 valence electrons. The zero-order valence-corrected chi connectivity index (χ0v) is 11.0. The molecular formula is C16H24. The normalized spacial score (nSPS) is 8.25. The molecule has 0 atom stereocenters. The molecule has 1 aromatic rings. The minimum atomic E-state index is 1.01. The molecule has 0 saturated carbocycles. The van der Waals surface area contributed by atoms with E-state index in [0.29, 0.717) is 0 Å². The Bertz CT molecular complexity index is 291. The Hall–Kier alpha value is -1.56. The summed E-state index contributed by atoms with van der Waals surface area (Å²) < 4.78 is 0. The van der Waals surface area contributed by atoms with E-state index < -0.39 is 0 Å². The van der Waals surface area contributed by atoms with E-state index >= 15 is 0 Å². The lowest BCUT2D eigenvalue weighted by Crippen LogP contribution is -1.75. The molecular weight excluding hydrogens is 192 g/mol. The van der Waals surface area contributed by atoms with Gasteiger partial charge in [-0.3, -0.25) is 0 Å². The largest absolute Gasteiger partial charge is 0.0991 e. The van der Waals surface area contributed by atoms with Crippen molar-refractivity contribution in [3.05, 3.63) is 67.3 Å². The van der Waals surface area contributed by atoms with Crippen molar-refractivity contribution in [3.8, 4) is 0 Å². The molecule has 0 bridgehead atoms. The molecule has 0 aliphatic carbocycles. The summed E-state index contributed by atoms with van der Waals surface area (Å²) in [6, 6.07) is 10.1. The van der Waals surface area contributed by atoms with E-state index in [-0.39, 0.29) is 0 Å². The highest BCUT2D eigenvalue weighted by Crippen LogP contribution is 2.12. The molecule has 0 radical (unpaired) electrons. The summed E-state index contributed by atoms with van der Waals surface area (Å²) in [6.07, 6.45) is 5.58. The SMILES string of the molecule is C=C/C=C\C(=C)c1ccccc1.CC.CC. The fourth-order valence-corrected chi connectivity index (χ4v) is 0.933. The van der Waals surface area contributed by atoms with Gasteiger partial charge in [0.2, 0.25) is 0 Å². The van der Waals surface area contributed by atoms with Crippen molar-refractivity contribution >= 4 is 5.57 Å². The van der Waals surface area contributed by atoms with Gasteiger partial charge in [-0.25, -0.2) is 0 Å². The van der Waals surface area contributed by atoms with Crippen LogP contribution in [0.1, 0.15) is 33.3 Å². The maximum absolute atomic E-state index is 3.93. The molecule has 1 rings (SSSR count).